The molecule has 1 N–H and O–H groups in total. The molecule has 0 radical (unpaired) electrons. The molecule has 2 atom stereocenters. The second-order valence-corrected chi connectivity index (χ2v) is 6.12. The van der Waals surface area contributed by atoms with Crippen LogP contribution < -0.4 is 14.8 Å². The van der Waals surface area contributed by atoms with Gasteiger partial charge in [-0.15, -0.1) is 0 Å². The van der Waals surface area contributed by atoms with Crippen molar-refractivity contribution in [1.29, 1.82) is 0 Å². The molecule has 1 aromatic carbocycles. The molecule has 1 aliphatic heterocycles. The second-order valence-electron chi connectivity index (χ2n) is 6.12. The highest BCUT2D eigenvalue weighted by Crippen LogP contribution is 2.22. The molecule has 2 unspecified atom stereocenters. The molecule has 2 amide bonds. The number of hydrogen-bond donors (Lipinski definition) is 1. The Hall–Kier alpha value is -2.24. The zero-order chi connectivity index (χ0) is 17.5. The van der Waals surface area contributed by atoms with Crippen molar-refractivity contribution < 1.29 is 19.1 Å². The molecule has 2 rings (SSSR count). The summed E-state index contributed by atoms with van der Waals surface area (Å²) in [5.74, 6) is 0.439. The van der Waals surface area contributed by atoms with Gasteiger partial charge < -0.3 is 19.7 Å². The monoisotopic (exact) mass is 334 g/mol. The average molecular weight is 334 g/mol. The van der Waals surface area contributed by atoms with E-state index < -0.39 is 11.8 Å². The molecule has 6 heteroatoms. The van der Waals surface area contributed by atoms with E-state index in [2.05, 4.69) is 5.32 Å². The lowest BCUT2D eigenvalue weighted by atomic mass is 9.97. The average Bonchev–Trinajstić information content (AvgIpc) is 2.58. The van der Waals surface area contributed by atoms with Gasteiger partial charge in [0.1, 0.15) is 18.1 Å². The molecule has 0 bridgehead atoms. The molecule has 0 aromatic heterocycles. The molecule has 6 nitrogen and oxygen atoms in total. The number of piperidine rings is 1. The lowest BCUT2D eigenvalue weighted by Crippen LogP contribution is -2.53. The number of carbonyl (C=O) groups excluding carboxylic acids is 2. The molecule has 132 valence electrons. The number of rotatable bonds is 5. The molecule has 0 saturated carbocycles. The summed E-state index contributed by atoms with van der Waals surface area (Å²) in [5.41, 5.74) is 0. The third kappa shape index (κ3) is 4.63. The largest absolute Gasteiger partial charge is 0.497 e. The van der Waals surface area contributed by atoms with Crippen molar-refractivity contribution >= 4 is 11.8 Å². The van der Waals surface area contributed by atoms with E-state index >= 15 is 0 Å². The van der Waals surface area contributed by atoms with Crippen LogP contribution in [0.5, 0.6) is 11.5 Å². The standard InChI is InChI=1S/C18H26N2O4/c1-13-5-4-6-14(2)20(13)18(22)17(21)19-11-12-24-16-9-7-15(23-3)8-10-16/h7-10,13-14H,4-6,11-12H2,1-3H3,(H,19,21). The van der Waals surface area contributed by atoms with Crippen molar-refractivity contribution in [3.8, 4) is 11.5 Å². The van der Waals surface area contributed by atoms with E-state index in [1.807, 2.05) is 13.8 Å². The Bertz CT molecular complexity index is 549. The van der Waals surface area contributed by atoms with Crippen LogP contribution in [0.2, 0.25) is 0 Å². The number of ether oxygens (including phenoxy) is 2. The van der Waals surface area contributed by atoms with Crippen molar-refractivity contribution in [3.63, 3.8) is 0 Å². The van der Waals surface area contributed by atoms with E-state index in [-0.39, 0.29) is 18.6 Å². The van der Waals surface area contributed by atoms with Gasteiger partial charge >= 0.3 is 11.8 Å². The molecular formula is C18H26N2O4. The van der Waals surface area contributed by atoms with Crippen LogP contribution in [0, 0.1) is 0 Å². The number of carbonyl (C=O) groups is 2. The summed E-state index contributed by atoms with van der Waals surface area (Å²) < 4.78 is 10.6. The maximum Gasteiger partial charge on any atom is 0.312 e. The van der Waals surface area contributed by atoms with Crippen molar-refractivity contribution in [3.05, 3.63) is 24.3 Å². The first-order chi connectivity index (χ1) is 11.5. The summed E-state index contributed by atoms with van der Waals surface area (Å²) in [4.78, 5) is 26.1. The summed E-state index contributed by atoms with van der Waals surface area (Å²) in [5, 5.41) is 2.63. The fourth-order valence-corrected chi connectivity index (χ4v) is 3.02. The lowest BCUT2D eigenvalue weighted by molar-refractivity contribution is -0.150. The van der Waals surface area contributed by atoms with Crippen molar-refractivity contribution in [1.82, 2.24) is 10.2 Å². The maximum absolute atomic E-state index is 12.3. The first-order valence-electron chi connectivity index (χ1n) is 8.40. The molecule has 0 aliphatic carbocycles. The normalized spacial score (nSPS) is 20.4. The van der Waals surface area contributed by atoms with Crippen LogP contribution >= 0.6 is 0 Å². The summed E-state index contributed by atoms with van der Waals surface area (Å²) in [6, 6.07) is 7.42. The predicted octanol–water partition coefficient (Wildman–Crippen LogP) is 1.98. The predicted molar refractivity (Wildman–Crippen MR) is 91.1 cm³/mol. The highest BCUT2D eigenvalue weighted by atomic mass is 16.5. The fourth-order valence-electron chi connectivity index (χ4n) is 3.02. The van der Waals surface area contributed by atoms with Crippen molar-refractivity contribution in [2.24, 2.45) is 0 Å². The van der Waals surface area contributed by atoms with Crippen LogP contribution in [0.1, 0.15) is 33.1 Å². The van der Waals surface area contributed by atoms with Gasteiger partial charge in [-0.3, -0.25) is 9.59 Å². The Kier molecular flexibility index (Phi) is 6.46. The molecule has 0 spiro atoms. The van der Waals surface area contributed by atoms with Crippen molar-refractivity contribution in [2.75, 3.05) is 20.3 Å². The summed E-state index contributed by atoms with van der Waals surface area (Å²) in [6.45, 7) is 4.57. The SMILES string of the molecule is COc1ccc(OCCNC(=O)C(=O)N2C(C)CCCC2C)cc1. The molecule has 1 heterocycles. The summed E-state index contributed by atoms with van der Waals surface area (Å²) >= 11 is 0. The topological polar surface area (TPSA) is 67.9 Å². The van der Waals surface area contributed by atoms with Crippen LogP contribution in [0.3, 0.4) is 0 Å². The Morgan fingerprint density at radius 3 is 2.29 bits per heavy atom. The van der Waals surface area contributed by atoms with Gasteiger partial charge in [0.05, 0.1) is 13.7 Å². The number of nitrogens with one attached hydrogen (secondary N) is 1. The van der Waals surface area contributed by atoms with E-state index in [9.17, 15) is 9.59 Å². The minimum absolute atomic E-state index is 0.113. The molecule has 1 saturated heterocycles. The minimum atomic E-state index is -0.561. The number of nitrogens with zero attached hydrogens (tertiary/aromatic N) is 1. The Balaban J connectivity index is 1.74. The summed E-state index contributed by atoms with van der Waals surface area (Å²) in [7, 11) is 1.60. The third-order valence-corrected chi connectivity index (χ3v) is 4.34. The first kappa shape index (κ1) is 18.1. The van der Waals surface area contributed by atoms with Gasteiger partial charge in [-0.25, -0.2) is 0 Å². The molecule has 1 aromatic rings. The number of amides is 2. The highest BCUT2D eigenvalue weighted by Gasteiger charge is 2.32. The summed E-state index contributed by atoms with van der Waals surface area (Å²) in [6.07, 6.45) is 3.00. The minimum Gasteiger partial charge on any atom is -0.497 e. The number of likely N-dealkylation sites (tertiary alicyclic amines) is 1. The zero-order valence-corrected chi connectivity index (χ0v) is 14.6. The van der Waals surface area contributed by atoms with E-state index in [1.54, 1.807) is 36.3 Å². The fraction of sp³-hybridized carbons (Fsp3) is 0.556. The molecular weight excluding hydrogens is 308 g/mol. The molecule has 1 aliphatic rings. The van der Waals surface area contributed by atoms with Gasteiger partial charge in [0.25, 0.3) is 0 Å². The Morgan fingerprint density at radius 1 is 1.12 bits per heavy atom. The first-order valence-corrected chi connectivity index (χ1v) is 8.40. The highest BCUT2D eigenvalue weighted by molar-refractivity contribution is 6.35. The molecule has 1 fully saturated rings. The number of benzene rings is 1. The van der Waals surface area contributed by atoms with E-state index in [0.717, 1.165) is 25.0 Å². The van der Waals surface area contributed by atoms with E-state index in [1.165, 1.54) is 0 Å². The van der Waals surface area contributed by atoms with E-state index in [0.29, 0.717) is 12.4 Å². The Labute approximate surface area is 143 Å². The lowest BCUT2D eigenvalue weighted by Gasteiger charge is -2.38. The van der Waals surface area contributed by atoms with Crippen LogP contribution in [0.15, 0.2) is 24.3 Å². The van der Waals surface area contributed by atoms with Gasteiger partial charge in [-0.05, 0) is 57.4 Å². The third-order valence-electron chi connectivity index (χ3n) is 4.34. The quantitative estimate of drug-likeness (QED) is 0.660. The second kappa shape index (κ2) is 8.57. The van der Waals surface area contributed by atoms with Gasteiger partial charge in [-0.2, -0.15) is 0 Å². The van der Waals surface area contributed by atoms with Crippen LogP contribution in [0.25, 0.3) is 0 Å². The molecule has 24 heavy (non-hydrogen) atoms. The smallest absolute Gasteiger partial charge is 0.312 e. The Morgan fingerprint density at radius 2 is 1.71 bits per heavy atom. The van der Waals surface area contributed by atoms with E-state index in [4.69, 9.17) is 9.47 Å². The van der Waals surface area contributed by atoms with Crippen LogP contribution in [-0.4, -0.2) is 49.1 Å². The number of hydrogen-bond acceptors (Lipinski definition) is 4. The van der Waals surface area contributed by atoms with Crippen LogP contribution in [0.4, 0.5) is 0 Å². The van der Waals surface area contributed by atoms with Gasteiger partial charge in [0, 0.05) is 12.1 Å². The van der Waals surface area contributed by atoms with Crippen molar-refractivity contribution in [2.45, 2.75) is 45.2 Å². The van der Waals surface area contributed by atoms with Gasteiger partial charge in [0.15, 0.2) is 0 Å². The number of methoxy groups -OCH3 is 1. The van der Waals surface area contributed by atoms with Gasteiger partial charge in [0.2, 0.25) is 0 Å². The zero-order valence-electron chi connectivity index (χ0n) is 14.6. The maximum atomic E-state index is 12.3. The van der Waals surface area contributed by atoms with Crippen LogP contribution in [-0.2, 0) is 9.59 Å². The van der Waals surface area contributed by atoms with Gasteiger partial charge in [-0.1, -0.05) is 0 Å².